The van der Waals surface area contributed by atoms with Crippen LogP contribution < -0.4 is 5.73 Å². The maximum Gasteiger partial charge on any atom is 0.0408 e. The van der Waals surface area contributed by atoms with Crippen LogP contribution in [0.15, 0.2) is 36.4 Å². The lowest BCUT2D eigenvalue weighted by Gasteiger charge is -2.11. The van der Waals surface area contributed by atoms with Crippen molar-refractivity contribution in [1.29, 1.82) is 0 Å². The number of hydrogen-bond donors (Lipinski definition) is 1. The molecule has 0 saturated carbocycles. The SMILES string of the molecule is C=C(C)CC(N)Cc1cccc(Cl)c1. The molecule has 1 rings (SSSR count). The van der Waals surface area contributed by atoms with E-state index in [2.05, 4.69) is 6.58 Å². The zero-order valence-electron chi connectivity index (χ0n) is 8.46. The molecule has 2 N–H and O–H groups in total. The molecule has 0 radical (unpaired) electrons. The number of benzene rings is 1. The summed E-state index contributed by atoms with van der Waals surface area (Å²) in [6, 6.07) is 7.97. The molecule has 0 spiro atoms. The summed E-state index contributed by atoms with van der Waals surface area (Å²) < 4.78 is 0. The van der Waals surface area contributed by atoms with Crippen molar-refractivity contribution in [3.63, 3.8) is 0 Å². The Labute approximate surface area is 90.6 Å². The van der Waals surface area contributed by atoms with E-state index in [0.29, 0.717) is 0 Å². The van der Waals surface area contributed by atoms with Gasteiger partial charge in [-0.25, -0.2) is 0 Å². The van der Waals surface area contributed by atoms with Gasteiger partial charge in [0, 0.05) is 11.1 Å². The zero-order valence-corrected chi connectivity index (χ0v) is 9.22. The van der Waals surface area contributed by atoms with Crippen LogP contribution in [0.2, 0.25) is 5.02 Å². The predicted octanol–water partition coefficient (Wildman–Crippen LogP) is 3.18. The largest absolute Gasteiger partial charge is 0.327 e. The lowest BCUT2D eigenvalue weighted by atomic mass is 10.0. The van der Waals surface area contributed by atoms with E-state index in [9.17, 15) is 0 Å². The highest BCUT2D eigenvalue weighted by molar-refractivity contribution is 6.30. The minimum atomic E-state index is 0.144. The first-order valence-corrected chi connectivity index (χ1v) is 5.10. The van der Waals surface area contributed by atoms with Crippen LogP contribution in [0, 0.1) is 0 Å². The second-order valence-corrected chi connectivity index (χ2v) is 4.19. The van der Waals surface area contributed by atoms with Gasteiger partial charge in [-0.1, -0.05) is 29.3 Å². The van der Waals surface area contributed by atoms with Crippen LogP contribution in [-0.4, -0.2) is 6.04 Å². The highest BCUT2D eigenvalue weighted by atomic mass is 35.5. The zero-order chi connectivity index (χ0) is 10.6. The summed E-state index contributed by atoms with van der Waals surface area (Å²) in [5, 5.41) is 0.769. The fourth-order valence-corrected chi connectivity index (χ4v) is 1.70. The van der Waals surface area contributed by atoms with E-state index in [1.807, 2.05) is 31.2 Å². The van der Waals surface area contributed by atoms with E-state index in [0.717, 1.165) is 23.4 Å². The lowest BCUT2D eigenvalue weighted by Crippen LogP contribution is -2.22. The molecule has 0 heterocycles. The number of hydrogen-bond acceptors (Lipinski definition) is 1. The van der Waals surface area contributed by atoms with Crippen molar-refractivity contribution in [2.24, 2.45) is 5.73 Å². The average Bonchev–Trinajstić information content (AvgIpc) is 2.01. The summed E-state index contributed by atoms with van der Waals surface area (Å²) in [4.78, 5) is 0. The van der Waals surface area contributed by atoms with Gasteiger partial charge in [0.25, 0.3) is 0 Å². The van der Waals surface area contributed by atoms with Gasteiger partial charge in [0.2, 0.25) is 0 Å². The molecule has 2 heteroatoms. The molecule has 1 aromatic carbocycles. The van der Waals surface area contributed by atoms with Gasteiger partial charge in [0.05, 0.1) is 0 Å². The van der Waals surface area contributed by atoms with Crippen LogP contribution in [0.4, 0.5) is 0 Å². The third kappa shape index (κ3) is 3.95. The molecule has 0 amide bonds. The summed E-state index contributed by atoms with van der Waals surface area (Å²) in [5.41, 5.74) is 8.26. The number of nitrogens with two attached hydrogens (primary N) is 1. The van der Waals surface area contributed by atoms with E-state index in [-0.39, 0.29) is 6.04 Å². The van der Waals surface area contributed by atoms with Crippen LogP contribution in [0.25, 0.3) is 0 Å². The van der Waals surface area contributed by atoms with Crippen LogP contribution in [0.1, 0.15) is 18.9 Å². The van der Waals surface area contributed by atoms with Gasteiger partial charge in [-0.2, -0.15) is 0 Å². The van der Waals surface area contributed by atoms with Crippen LogP contribution in [0.5, 0.6) is 0 Å². The number of halogens is 1. The van der Waals surface area contributed by atoms with Crippen molar-refractivity contribution in [2.75, 3.05) is 0 Å². The summed E-state index contributed by atoms with van der Waals surface area (Å²) in [7, 11) is 0. The lowest BCUT2D eigenvalue weighted by molar-refractivity contribution is 0.661. The first kappa shape index (κ1) is 11.3. The molecule has 1 aromatic rings. The van der Waals surface area contributed by atoms with Crippen molar-refractivity contribution in [2.45, 2.75) is 25.8 Å². The smallest absolute Gasteiger partial charge is 0.0408 e. The summed E-state index contributed by atoms with van der Waals surface area (Å²) >= 11 is 5.88. The van der Waals surface area contributed by atoms with E-state index in [1.54, 1.807) is 0 Å². The van der Waals surface area contributed by atoms with Crippen molar-refractivity contribution in [1.82, 2.24) is 0 Å². The summed E-state index contributed by atoms with van der Waals surface area (Å²) in [6.07, 6.45) is 1.72. The van der Waals surface area contributed by atoms with Gasteiger partial charge in [0.15, 0.2) is 0 Å². The minimum absolute atomic E-state index is 0.144. The first-order chi connectivity index (χ1) is 6.58. The molecule has 0 bridgehead atoms. The standard InChI is InChI=1S/C12H16ClN/c1-9(2)6-12(14)8-10-4-3-5-11(13)7-10/h3-5,7,12H,1,6,8,14H2,2H3. The van der Waals surface area contributed by atoms with Crippen molar-refractivity contribution < 1.29 is 0 Å². The monoisotopic (exact) mass is 209 g/mol. The maximum absolute atomic E-state index is 5.95. The Hall–Kier alpha value is -0.790. The second-order valence-electron chi connectivity index (χ2n) is 3.76. The summed E-state index contributed by atoms with van der Waals surface area (Å²) in [5.74, 6) is 0. The highest BCUT2D eigenvalue weighted by Gasteiger charge is 2.04. The van der Waals surface area contributed by atoms with Crippen molar-refractivity contribution in [3.8, 4) is 0 Å². The van der Waals surface area contributed by atoms with Gasteiger partial charge in [0.1, 0.15) is 0 Å². The maximum atomic E-state index is 5.95. The Balaban J connectivity index is 2.55. The van der Waals surface area contributed by atoms with Crippen molar-refractivity contribution in [3.05, 3.63) is 47.0 Å². The summed E-state index contributed by atoms with van der Waals surface area (Å²) in [6.45, 7) is 5.85. The van der Waals surface area contributed by atoms with Crippen LogP contribution in [-0.2, 0) is 6.42 Å². The minimum Gasteiger partial charge on any atom is -0.327 e. The van der Waals surface area contributed by atoms with Crippen LogP contribution in [0.3, 0.4) is 0 Å². The fraction of sp³-hybridized carbons (Fsp3) is 0.333. The molecule has 0 aromatic heterocycles. The molecule has 0 saturated heterocycles. The highest BCUT2D eigenvalue weighted by Crippen LogP contribution is 2.13. The average molecular weight is 210 g/mol. The molecule has 1 unspecified atom stereocenters. The van der Waals surface area contributed by atoms with Gasteiger partial charge in [-0.05, 0) is 37.5 Å². The molecular formula is C12H16ClN. The molecule has 0 aliphatic carbocycles. The Bertz CT molecular complexity index is 320. The van der Waals surface area contributed by atoms with Gasteiger partial charge in [-0.15, -0.1) is 6.58 Å². The van der Waals surface area contributed by atoms with Gasteiger partial charge in [-0.3, -0.25) is 0 Å². The molecule has 0 aliphatic heterocycles. The first-order valence-electron chi connectivity index (χ1n) is 4.72. The third-order valence-corrected chi connectivity index (χ3v) is 2.23. The molecular weight excluding hydrogens is 194 g/mol. The molecule has 76 valence electrons. The van der Waals surface area contributed by atoms with Gasteiger partial charge < -0.3 is 5.73 Å². The fourth-order valence-electron chi connectivity index (χ4n) is 1.49. The number of rotatable bonds is 4. The molecule has 0 aliphatic rings. The van der Waals surface area contributed by atoms with E-state index in [4.69, 9.17) is 17.3 Å². The molecule has 1 atom stereocenters. The normalized spacial score (nSPS) is 12.5. The Kier molecular flexibility index (Phi) is 4.18. The van der Waals surface area contributed by atoms with Gasteiger partial charge >= 0.3 is 0 Å². The topological polar surface area (TPSA) is 26.0 Å². The van der Waals surface area contributed by atoms with Crippen molar-refractivity contribution >= 4 is 11.6 Å². The quantitative estimate of drug-likeness (QED) is 0.758. The van der Waals surface area contributed by atoms with E-state index < -0.39 is 0 Å². The second kappa shape index (κ2) is 5.18. The Morgan fingerprint density at radius 1 is 1.57 bits per heavy atom. The Morgan fingerprint density at radius 2 is 2.29 bits per heavy atom. The van der Waals surface area contributed by atoms with E-state index >= 15 is 0 Å². The predicted molar refractivity (Wildman–Crippen MR) is 62.6 cm³/mol. The molecule has 14 heavy (non-hydrogen) atoms. The third-order valence-electron chi connectivity index (χ3n) is 2.00. The Morgan fingerprint density at radius 3 is 2.86 bits per heavy atom. The van der Waals surface area contributed by atoms with Crippen LogP contribution >= 0.6 is 11.6 Å². The van der Waals surface area contributed by atoms with E-state index in [1.165, 1.54) is 5.56 Å². The molecule has 0 fully saturated rings. The molecule has 1 nitrogen and oxygen atoms in total.